The molecule has 1 aliphatic rings. The molecule has 0 spiro atoms. The van der Waals surface area contributed by atoms with Gasteiger partial charge in [0, 0.05) is 27.8 Å². The highest BCUT2D eigenvalue weighted by molar-refractivity contribution is 6.53. The maximum atomic E-state index is 13.0. The predicted octanol–water partition coefficient (Wildman–Crippen LogP) is 5.67. The van der Waals surface area contributed by atoms with Gasteiger partial charge in [0.15, 0.2) is 0 Å². The van der Waals surface area contributed by atoms with Gasteiger partial charge in [0.05, 0.1) is 5.69 Å². The summed E-state index contributed by atoms with van der Waals surface area (Å²) >= 11 is 18.0. The van der Waals surface area contributed by atoms with Crippen molar-refractivity contribution in [1.29, 1.82) is 0 Å². The molecule has 3 aromatic carbocycles. The summed E-state index contributed by atoms with van der Waals surface area (Å²) < 4.78 is 0. The molecule has 172 valence electrons. The van der Waals surface area contributed by atoms with Crippen molar-refractivity contribution in [3.8, 4) is 0 Å². The molecule has 1 heterocycles. The second-order valence-corrected chi connectivity index (χ2v) is 8.83. The number of hydrogen-bond acceptors (Lipinski definition) is 4. The molecule has 0 radical (unpaired) electrons. The van der Waals surface area contributed by atoms with Crippen LogP contribution in [0.15, 0.2) is 77.5 Å². The van der Waals surface area contributed by atoms with Gasteiger partial charge < -0.3 is 10.6 Å². The molecule has 2 N–H and O–H groups in total. The van der Waals surface area contributed by atoms with Gasteiger partial charge in [-0.25, -0.2) is 4.90 Å². The fourth-order valence-electron chi connectivity index (χ4n) is 3.36. The lowest BCUT2D eigenvalue weighted by molar-refractivity contribution is -0.120. The van der Waals surface area contributed by atoms with E-state index in [0.717, 1.165) is 16.0 Å². The van der Waals surface area contributed by atoms with Gasteiger partial charge in [0.2, 0.25) is 0 Å². The van der Waals surface area contributed by atoms with E-state index in [9.17, 15) is 14.4 Å². The second-order valence-electron chi connectivity index (χ2n) is 7.57. The Labute approximate surface area is 211 Å². The molecule has 34 heavy (non-hydrogen) atoms. The molecule has 0 aromatic heterocycles. The molecule has 0 aliphatic carbocycles. The number of carbonyl (C=O) groups is 3. The Hall–Kier alpha value is -3.32. The number of nitrogens with zero attached hydrogens (tertiary/aromatic N) is 1. The predicted molar refractivity (Wildman–Crippen MR) is 134 cm³/mol. The highest BCUT2D eigenvalue weighted by Crippen LogP contribution is 2.31. The summed E-state index contributed by atoms with van der Waals surface area (Å²) in [5.41, 5.74) is 2.80. The first-order chi connectivity index (χ1) is 16.2. The molecule has 0 unspecified atom stereocenters. The van der Waals surface area contributed by atoms with Crippen LogP contribution in [0, 0.1) is 6.92 Å². The molecule has 3 aromatic rings. The summed E-state index contributed by atoms with van der Waals surface area (Å²) in [5, 5.41) is 6.64. The first-order valence-corrected chi connectivity index (χ1v) is 11.3. The van der Waals surface area contributed by atoms with Gasteiger partial charge in [-0.1, -0.05) is 53.0 Å². The highest BCUT2D eigenvalue weighted by atomic mass is 35.5. The van der Waals surface area contributed by atoms with Crippen molar-refractivity contribution < 1.29 is 14.4 Å². The standard InChI is InChI=1S/C25H18Cl3N3O3/c1-14-2-5-16(23(32)29-13-15-3-6-17(26)7-4-15)12-20(14)30-22-21(28)24(33)31(25(22)34)19-10-8-18(27)9-11-19/h2-12,30H,13H2,1H3,(H,29,32). The van der Waals surface area contributed by atoms with Crippen LogP contribution in [-0.4, -0.2) is 17.7 Å². The quantitative estimate of drug-likeness (QED) is 0.416. The van der Waals surface area contributed by atoms with Crippen LogP contribution >= 0.6 is 34.8 Å². The van der Waals surface area contributed by atoms with Crippen LogP contribution in [-0.2, 0) is 16.1 Å². The van der Waals surface area contributed by atoms with Crippen molar-refractivity contribution in [1.82, 2.24) is 5.32 Å². The fraction of sp³-hybridized carbons (Fsp3) is 0.0800. The molecular formula is C25H18Cl3N3O3. The Morgan fingerprint density at radius 3 is 2.12 bits per heavy atom. The number of anilines is 2. The fourth-order valence-corrected chi connectivity index (χ4v) is 3.82. The molecule has 6 nitrogen and oxygen atoms in total. The number of hydrogen-bond donors (Lipinski definition) is 2. The molecule has 1 aliphatic heterocycles. The lowest BCUT2D eigenvalue weighted by Crippen LogP contribution is -2.32. The summed E-state index contributed by atoms with van der Waals surface area (Å²) in [4.78, 5) is 39.3. The normalized spacial score (nSPS) is 13.5. The first-order valence-electron chi connectivity index (χ1n) is 10.2. The topological polar surface area (TPSA) is 78.5 Å². The molecule has 0 bridgehead atoms. The number of rotatable bonds is 6. The summed E-state index contributed by atoms with van der Waals surface area (Å²) in [7, 11) is 0. The third kappa shape index (κ3) is 4.94. The highest BCUT2D eigenvalue weighted by Gasteiger charge is 2.39. The van der Waals surface area contributed by atoms with Crippen molar-refractivity contribution in [3.63, 3.8) is 0 Å². The van der Waals surface area contributed by atoms with Gasteiger partial charge in [0.25, 0.3) is 17.7 Å². The van der Waals surface area contributed by atoms with Gasteiger partial charge in [0.1, 0.15) is 10.7 Å². The molecule has 9 heteroatoms. The number of aryl methyl sites for hydroxylation is 1. The van der Waals surface area contributed by atoms with E-state index in [4.69, 9.17) is 34.8 Å². The Morgan fingerprint density at radius 2 is 1.47 bits per heavy atom. The average molecular weight is 515 g/mol. The zero-order chi connectivity index (χ0) is 24.4. The Morgan fingerprint density at radius 1 is 0.853 bits per heavy atom. The van der Waals surface area contributed by atoms with E-state index in [-0.39, 0.29) is 16.6 Å². The minimum atomic E-state index is -0.647. The SMILES string of the molecule is Cc1ccc(C(=O)NCc2ccc(Cl)cc2)cc1NC1=C(Cl)C(=O)N(c2ccc(Cl)cc2)C1=O. The number of nitrogens with one attached hydrogen (secondary N) is 2. The second kappa shape index (κ2) is 9.89. The van der Waals surface area contributed by atoms with Crippen molar-refractivity contribution in [2.45, 2.75) is 13.5 Å². The first kappa shape index (κ1) is 23.8. The molecule has 0 saturated carbocycles. The largest absolute Gasteiger partial charge is 0.349 e. The van der Waals surface area contributed by atoms with Crippen molar-refractivity contribution in [2.24, 2.45) is 0 Å². The van der Waals surface area contributed by atoms with E-state index in [1.165, 1.54) is 0 Å². The van der Waals surface area contributed by atoms with E-state index in [2.05, 4.69) is 10.6 Å². The summed E-state index contributed by atoms with van der Waals surface area (Å²) in [6.45, 7) is 2.14. The lowest BCUT2D eigenvalue weighted by Gasteiger charge is -2.16. The summed E-state index contributed by atoms with van der Waals surface area (Å²) in [6.07, 6.45) is 0. The molecule has 0 saturated heterocycles. The van der Waals surface area contributed by atoms with Gasteiger partial charge in [-0.05, 0) is 66.6 Å². The lowest BCUT2D eigenvalue weighted by atomic mass is 10.1. The average Bonchev–Trinajstić information content (AvgIpc) is 3.03. The molecule has 0 atom stereocenters. The zero-order valence-electron chi connectivity index (χ0n) is 17.9. The number of halogens is 3. The van der Waals surface area contributed by atoms with Crippen LogP contribution in [0.5, 0.6) is 0 Å². The Bertz CT molecular complexity index is 1320. The monoisotopic (exact) mass is 513 g/mol. The van der Waals surface area contributed by atoms with Crippen LogP contribution in [0.3, 0.4) is 0 Å². The van der Waals surface area contributed by atoms with Gasteiger partial charge in [-0.3, -0.25) is 14.4 Å². The van der Waals surface area contributed by atoms with E-state index >= 15 is 0 Å². The number of imide groups is 1. The maximum Gasteiger partial charge on any atom is 0.283 e. The molecule has 4 rings (SSSR count). The molecular weight excluding hydrogens is 497 g/mol. The molecule has 3 amide bonds. The van der Waals surface area contributed by atoms with Gasteiger partial charge in [-0.15, -0.1) is 0 Å². The number of benzene rings is 3. The van der Waals surface area contributed by atoms with Crippen LogP contribution in [0.1, 0.15) is 21.5 Å². The van der Waals surface area contributed by atoms with Gasteiger partial charge >= 0.3 is 0 Å². The maximum absolute atomic E-state index is 13.0. The van der Waals surface area contributed by atoms with E-state index in [1.807, 2.05) is 19.1 Å². The summed E-state index contributed by atoms with van der Waals surface area (Å²) in [5.74, 6) is -1.55. The zero-order valence-corrected chi connectivity index (χ0v) is 20.1. The summed E-state index contributed by atoms with van der Waals surface area (Å²) in [6, 6.07) is 18.4. The van der Waals surface area contributed by atoms with E-state index in [0.29, 0.717) is 33.5 Å². The van der Waals surface area contributed by atoms with Crippen LogP contribution in [0.4, 0.5) is 11.4 Å². The van der Waals surface area contributed by atoms with Crippen molar-refractivity contribution >= 4 is 63.9 Å². The van der Waals surface area contributed by atoms with Crippen molar-refractivity contribution in [2.75, 3.05) is 10.2 Å². The number of carbonyl (C=O) groups excluding carboxylic acids is 3. The third-order valence-electron chi connectivity index (χ3n) is 5.24. The van der Waals surface area contributed by atoms with Crippen LogP contribution in [0.2, 0.25) is 10.0 Å². The Balaban J connectivity index is 1.52. The smallest absolute Gasteiger partial charge is 0.283 e. The minimum Gasteiger partial charge on any atom is -0.349 e. The van der Waals surface area contributed by atoms with Crippen molar-refractivity contribution in [3.05, 3.63) is 104 Å². The van der Waals surface area contributed by atoms with E-state index in [1.54, 1.807) is 54.6 Å². The van der Waals surface area contributed by atoms with Crippen LogP contribution < -0.4 is 15.5 Å². The van der Waals surface area contributed by atoms with E-state index < -0.39 is 11.8 Å². The Kier molecular flexibility index (Phi) is 6.93. The third-order valence-corrected chi connectivity index (χ3v) is 6.09. The van der Waals surface area contributed by atoms with Gasteiger partial charge in [-0.2, -0.15) is 0 Å². The number of amides is 3. The minimum absolute atomic E-state index is 0.0663. The molecule has 0 fully saturated rings. The van der Waals surface area contributed by atoms with Crippen LogP contribution in [0.25, 0.3) is 0 Å².